The van der Waals surface area contributed by atoms with Gasteiger partial charge in [-0.2, -0.15) is 0 Å². The Hall–Kier alpha value is -0.570. The van der Waals surface area contributed by atoms with E-state index in [2.05, 4.69) is 19.2 Å². The van der Waals surface area contributed by atoms with Crippen LogP contribution in [0.1, 0.15) is 58.8 Å². The second-order valence-corrected chi connectivity index (χ2v) is 4.99. The highest BCUT2D eigenvalue weighted by Crippen LogP contribution is 2.25. The molecule has 0 radical (unpaired) electrons. The normalized spacial score (nSPS) is 25.8. The standard InChI is InChI=1S/C13H26N2O/c1-3-11(4-2)15-13(16)9-10-7-5-6-8-12(10)14/h10-12H,3-9,14H2,1-2H3,(H,15,16). The van der Waals surface area contributed by atoms with Gasteiger partial charge >= 0.3 is 0 Å². The van der Waals surface area contributed by atoms with Crippen molar-refractivity contribution in [1.29, 1.82) is 0 Å². The third-order valence-electron chi connectivity index (χ3n) is 3.77. The second-order valence-electron chi connectivity index (χ2n) is 4.99. The van der Waals surface area contributed by atoms with Gasteiger partial charge in [0.05, 0.1) is 0 Å². The summed E-state index contributed by atoms with van der Waals surface area (Å²) in [6.07, 6.45) is 7.32. The lowest BCUT2D eigenvalue weighted by Gasteiger charge is -2.28. The molecule has 0 aromatic heterocycles. The van der Waals surface area contributed by atoms with E-state index in [1.165, 1.54) is 12.8 Å². The van der Waals surface area contributed by atoms with Crippen LogP contribution >= 0.6 is 0 Å². The molecule has 94 valence electrons. The maximum Gasteiger partial charge on any atom is 0.220 e. The average molecular weight is 226 g/mol. The van der Waals surface area contributed by atoms with Crippen molar-refractivity contribution in [3.8, 4) is 0 Å². The van der Waals surface area contributed by atoms with Crippen molar-refractivity contribution < 1.29 is 4.79 Å². The van der Waals surface area contributed by atoms with Gasteiger partial charge in [0.2, 0.25) is 5.91 Å². The maximum atomic E-state index is 11.8. The van der Waals surface area contributed by atoms with E-state index in [1.807, 2.05) is 0 Å². The number of nitrogens with two attached hydrogens (primary N) is 1. The Bertz CT molecular complexity index is 214. The number of carbonyl (C=O) groups is 1. The van der Waals surface area contributed by atoms with Crippen LogP contribution in [0.5, 0.6) is 0 Å². The molecule has 2 atom stereocenters. The van der Waals surface area contributed by atoms with Crippen molar-refractivity contribution in [2.75, 3.05) is 0 Å². The number of amides is 1. The van der Waals surface area contributed by atoms with Crippen LogP contribution in [0.15, 0.2) is 0 Å². The Morgan fingerprint density at radius 3 is 2.50 bits per heavy atom. The molecule has 1 rings (SSSR count). The zero-order valence-electron chi connectivity index (χ0n) is 10.7. The summed E-state index contributed by atoms with van der Waals surface area (Å²) in [5.74, 6) is 0.596. The fourth-order valence-electron chi connectivity index (χ4n) is 2.51. The van der Waals surface area contributed by atoms with Crippen LogP contribution in [0.25, 0.3) is 0 Å². The number of hydrogen-bond acceptors (Lipinski definition) is 2. The van der Waals surface area contributed by atoms with Crippen molar-refractivity contribution >= 4 is 5.91 Å². The molecule has 0 aliphatic heterocycles. The van der Waals surface area contributed by atoms with Crippen molar-refractivity contribution in [2.24, 2.45) is 11.7 Å². The lowest BCUT2D eigenvalue weighted by molar-refractivity contribution is -0.123. The monoisotopic (exact) mass is 226 g/mol. The molecule has 0 spiro atoms. The predicted octanol–water partition coefficient (Wildman–Crippen LogP) is 2.20. The largest absolute Gasteiger partial charge is 0.353 e. The molecule has 1 amide bonds. The summed E-state index contributed by atoms with van der Waals surface area (Å²) < 4.78 is 0. The van der Waals surface area contributed by atoms with Crippen LogP contribution in [-0.2, 0) is 4.79 Å². The molecule has 16 heavy (non-hydrogen) atoms. The molecule has 1 fully saturated rings. The van der Waals surface area contributed by atoms with Gasteiger partial charge in [-0.25, -0.2) is 0 Å². The van der Waals surface area contributed by atoms with Crippen molar-refractivity contribution in [3.63, 3.8) is 0 Å². The number of carbonyl (C=O) groups excluding carboxylic acids is 1. The van der Waals surface area contributed by atoms with E-state index in [-0.39, 0.29) is 11.9 Å². The molecule has 1 aliphatic rings. The summed E-state index contributed by atoms with van der Waals surface area (Å²) >= 11 is 0. The third-order valence-corrected chi connectivity index (χ3v) is 3.77. The highest BCUT2D eigenvalue weighted by Gasteiger charge is 2.24. The Balaban J connectivity index is 2.32. The smallest absolute Gasteiger partial charge is 0.220 e. The van der Waals surface area contributed by atoms with E-state index in [0.29, 0.717) is 18.4 Å². The van der Waals surface area contributed by atoms with Crippen LogP contribution in [0.3, 0.4) is 0 Å². The molecule has 1 aliphatic carbocycles. The fourth-order valence-corrected chi connectivity index (χ4v) is 2.51. The van der Waals surface area contributed by atoms with Crippen molar-refractivity contribution in [2.45, 2.75) is 70.9 Å². The topological polar surface area (TPSA) is 55.1 Å². The van der Waals surface area contributed by atoms with Gasteiger partial charge in [-0.1, -0.05) is 26.7 Å². The van der Waals surface area contributed by atoms with E-state index >= 15 is 0 Å². The van der Waals surface area contributed by atoms with Crippen LogP contribution in [0.4, 0.5) is 0 Å². The van der Waals surface area contributed by atoms with Crippen LogP contribution in [-0.4, -0.2) is 18.0 Å². The molecular weight excluding hydrogens is 200 g/mol. The first-order valence-electron chi connectivity index (χ1n) is 6.72. The second kappa shape index (κ2) is 6.89. The molecule has 3 N–H and O–H groups in total. The summed E-state index contributed by atoms with van der Waals surface area (Å²) in [6.45, 7) is 4.22. The lowest BCUT2D eigenvalue weighted by atomic mass is 9.83. The summed E-state index contributed by atoms with van der Waals surface area (Å²) in [5, 5.41) is 3.09. The minimum Gasteiger partial charge on any atom is -0.353 e. The summed E-state index contributed by atoms with van der Waals surface area (Å²) in [6, 6.07) is 0.577. The Morgan fingerprint density at radius 2 is 1.94 bits per heavy atom. The maximum absolute atomic E-state index is 11.8. The van der Waals surface area contributed by atoms with Gasteiger partial charge in [-0.15, -0.1) is 0 Å². The highest BCUT2D eigenvalue weighted by molar-refractivity contribution is 5.76. The molecule has 0 aromatic rings. The molecular formula is C13H26N2O. The zero-order chi connectivity index (χ0) is 12.0. The first-order valence-corrected chi connectivity index (χ1v) is 6.72. The van der Waals surface area contributed by atoms with Gasteiger partial charge in [-0.05, 0) is 31.6 Å². The molecule has 2 unspecified atom stereocenters. The van der Waals surface area contributed by atoms with E-state index in [9.17, 15) is 4.79 Å². The molecule has 3 nitrogen and oxygen atoms in total. The molecule has 0 bridgehead atoms. The van der Waals surface area contributed by atoms with Gasteiger partial charge < -0.3 is 11.1 Å². The SMILES string of the molecule is CCC(CC)NC(=O)CC1CCCCC1N. The molecule has 1 saturated carbocycles. The van der Waals surface area contributed by atoms with Crippen molar-refractivity contribution in [3.05, 3.63) is 0 Å². The van der Waals surface area contributed by atoms with E-state index in [1.54, 1.807) is 0 Å². The summed E-state index contributed by atoms with van der Waals surface area (Å²) in [7, 11) is 0. The minimum absolute atomic E-state index is 0.191. The van der Waals surface area contributed by atoms with Gasteiger partial charge in [0.25, 0.3) is 0 Å². The molecule has 3 heteroatoms. The average Bonchev–Trinajstić information content (AvgIpc) is 2.29. The Morgan fingerprint density at radius 1 is 1.31 bits per heavy atom. The number of nitrogens with one attached hydrogen (secondary N) is 1. The van der Waals surface area contributed by atoms with E-state index < -0.39 is 0 Å². The van der Waals surface area contributed by atoms with Crippen LogP contribution in [0.2, 0.25) is 0 Å². The lowest BCUT2D eigenvalue weighted by Crippen LogP contribution is -2.40. The predicted molar refractivity (Wildman–Crippen MR) is 67.1 cm³/mol. The van der Waals surface area contributed by atoms with Gasteiger partial charge in [0, 0.05) is 18.5 Å². The Kier molecular flexibility index (Phi) is 5.81. The number of hydrogen-bond donors (Lipinski definition) is 2. The van der Waals surface area contributed by atoms with E-state index in [4.69, 9.17) is 5.73 Å². The van der Waals surface area contributed by atoms with Gasteiger partial charge in [-0.3, -0.25) is 4.79 Å². The quantitative estimate of drug-likeness (QED) is 0.755. The van der Waals surface area contributed by atoms with Crippen LogP contribution in [0, 0.1) is 5.92 Å². The third kappa shape index (κ3) is 4.12. The van der Waals surface area contributed by atoms with E-state index in [0.717, 1.165) is 25.7 Å². The van der Waals surface area contributed by atoms with Crippen LogP contribution < -0.4 is 11.1 Å². The summed E-state index contributed by atoms with van der Waals surface area (Å²) in [4.78, 5) is 11.8. The molecule has 0 heterocycles. The number of rotatable bonds is 5. The van der Waals surface area contributed by atoms with Gasteiger partial charge in [0.15, 0.2) is 0 Å². The zero-order valence-corrected chi connectivity index (χ0v) is 10.7. The first kappa shape index (κ1) is 13.5. The molecule has 0 saturated heterocycles. The van der Waals surface area contributed by atoms with Crippen molar-refractivity contribution in [1.82, 2.24) is 5.32 Å². The minimum atomic E-state index is 0.191. The Labute approximate surface area is 99.2 Å². The summed E-state index contributed by atoms with van der Waals surface area (Å²) in [5.41, 5.74) is 6.04. The van der Waals surface area contributed by atoms with Gasteiger partial charge in [0.1, 0.15) is 0 Å². The molecule has 0 aromatic carbocycles. The highest BCUT2D eigenvalue weighted by atomic mass is 16.1. The fraction of sp³-hybridized carbons (Fsp3) is 0.923. The first-order chi connectivity index (χ1) is 7.67.